The number of ether oxygens (including phenoxy) is 1. The third-order valence-electron chi connectivity index (χ3n) is 8.50. The van der Waals surface area contributed by atoms with Crippen molar-refractivity contribution >= 4 is 23.8 Å². The molecule has 3 heterocycles. The number of pyridine rings is 2. The van der Waals surface area contributed by atoms with Crippen LogP contribution in [0.15, 0.2) is 36.3 Å². The van der Waals surface area contributed by atoms with E-state index in [1.54, 1.807) is 6.20 Å². The van der Waals surface area contributed by atoms with Crippen LogP contribution in [0.1, 0.15) is 80.9 Å². The van der Waals surface area contributed by atoms with Gasteiger partial charge >= 0.3 is 0 Å². The van der Waals surface area contributed by atoms with Gasteiger partial charge in [-0.05, 0) is 99.5 Å². The molecule has 4 N–H and O–H groups in total. The van der Waals surface area contributed by atoms with Gasteiger partial charge in [0, 0.05) is 48.3 Å². The molecule has 196 valence electrons. The van der Waals surface area contributed by atoms with E-state index in [2.05, 4.69) is 46.5 Å². The Labute approximate surface area is 221 Å². The fourth-order valence-electron chi connectivity index (χ4n) is 6.09. The highest BCUT2D eigenvalue weighted by Gasteiger charge is 2.26. The largest absolute Gasteiger partial charge is 0.383 e. The number of hydrogen-bond acceptors (Lipinski definition) is 5. The molecule has 0 atom stereocenters. The number of fused-ring (bicyclic) bond motifs is 1. The van der Waals surface area contributed by atoms with Gasteiger partial charge in [-0.2, -0.15) is 0 Å². The summed E-state index contributed by atoms with van der Waals surface area (Å²) in [6, 6.07) is 4.09. The fraction of sp³-hybridized carbons (Fsp3) is 0.516. The lowest BCUT2D eigenvalue weighted by Crippen LogP contribution is -2.32. The molecule has 1 aliphatic heterocycles. The number of nitrogen functional groups attached to an aromatic ring is 1. The molecule has 1 saturated carbocycles. The maximum Gasteiger partial charge on any atom is 0.131 e. The van der Waals surface area contributed by atoms with Gasteiger partial charge in [-0.15, -0.1) is 0 Å². The van der Waals surface area contributed by atoms with Crippen LogP contribution in [0.5, 0.6) is 0 Å². The van der Waals surface area contributed by atoms with Gasteiger partial charge in [0.2, 0.25) is 0 Å². The molecule has 1 saturated heterocycles. The van der Waals surface area contributed by atoms with E-state index in [0.29, 0.717) is 17.6 Å². The molecule has 2 fully saturated rings. The highest BCUT2D eigenvalue weighted by molar-refractivity contribution is 5.85. The molecule has 0 unspecified atom stereocenters. The number of anilines is 1. The third-order valence-corrected chi connectivity index (χ3v) is 8.50. The topological polar surface area (TPSA) is 96.9 Å². The Morgan fingerprint density at radius 2 is 1.86 bits per heavy atom. The van der Waals surface area contributed by atoms with Crippen molar-refractivity contribution in [3.8, 4) is 11.3 Å². The lowest BCUT2D eigenvalue weighted by molar-refractivity contribution is 0.0610. The number of rotatable bonds is 6. The van der Waals surface area contributed by atoms with Crippen molar-refractivity contribution in [2.24, 2.45) is 17.8 Å². The Morgan fingerprint density at radius 1 is 1.11 bits per heavy atom. The van der Waals surface area contributed by atoms with E-state index in [4.69, 9.17) is 15.9 Å². The Morgan fingerprint density at radius 3 is 2.62 bits per heavy atom. The standard InChI is InChI=1S/C31H41N5O/c1-21-12-15-34-20-28(21)29-19-25-18-26(4-2-3-5-27(25)31(33)36-29)35-30(32)24-10-8-22(9-11-24)6-7-23-13-16-37-17-14-23/h3,5,12,15,18-20,22-24H,2,4,6-11,13-14,16-17H2,1H3,(H2,32,35)(H2,33,36)/b5-3-,26-18+. The molecule has 5 rings (SSSR count). The summed E-state index contributed by atoms with van der Waals surface area (Å²) in [4.78, 5) is 8.98. The van der Waals surface area contributed by atoms with Gasteiger partial charge in [0.05, 0.1) is 5.69 Å². The molecule has 0 aromatic carbocycles. The summed E-state index contributed by atoms with van der Waals surface area (Å²) in [6.07, 6.45) is 21.8. The quantitative estimate of drug-likeness (QED) is 0.301. The van der Waals surface area contributed by atoms with Crippen molar-refractivity contribution < 1.29 is 4.74 Å². The van der Waals surface area contributed by atoms with Crippen LogP contribution in [0.3, 0.4) is 0 Å². The molecular formula is C31H41N5O. The molecule has 0 radical (unpaired) electrons. The predicted molar refractivity (Wildman–Crippen MR) is 152 cm³/mol. The zero-order chi connectivity index (χ0) is 25.6. The van der Waals surface area contributed by atoms with Gasteiger partial charge < -0.3 is 15.8 Å². The molecule has 0 spiro atoms. The van der Waals surface area contributed by atoms with E-state index in [-0.39, 0.29) is 0 Å². The van der Waals surface area contributed by atoms with Gasteiger partial charge in [-0.25, -0.2) is 4.98 Å². The van der Waals surface area contributed by atoms with Crippen molar-refractivity contribution in [1.29, 1.82) is 5.41 Å². The maximum absolute atomic E-state index is 8.88. The molecule has 0 bridgehead atoms. The molecule has 2 aromatic rings. The second-order valence-corrected chi connectivity index (χ2v) is 11.1. The second-order valence-electron chi connectivity index (χ2n) is 11.1. The first-order valence-corrected chi connectivity index (χ1v) is 14.1. The average molecular weight is 500 g/mol. The monoisotopic (exact) mass is 499 g/mol. The minimum Gasteiger partial charge on any atom is -0.383 e. The van der Waals surface area contributed by atoms with E-state index in [0.717, 1.165) is 84.4 Å². The Kier molecular flexibility index (Phi) is 8.34. The van der Waals surface area contributed by atoms with Crippen molar-refractivity contribution in [1.82, 2.24) is 15.3 Å². The highest BCUT2D eigenvalue weighted by atomic mass is 16.5. The van der Waals surface area contributed by atoms with Gasteiger partial charge in [0.15, 0.2) is 0 Å². The van der Waals surface area contributed by atoms with Crippen molar-refractivity contribution in [3.05, 3.63) is 53.0 Å². The molecule has 6 heteroatoms. The van der Waals surface area contributed by atoms with Crippen LogP contribution < -0.4 is 11.1 Å². The van der Waals surface area contributed by atoms with Gasteiger partial charge in [-0.3, -0.25) is 10.4 Å². The second kappa shape index (κ2) is 12.0. The van der Waals surface area contributed by atoms with Crippen LogP contribution in [0.25, 0.3) is 23.4 Å². The maximum atomic E-state index is 8.88. The minimum atomic E-state index is 0.330. The Balaban J connectivity index is 1.23. The number of nitrogens with one attached hydrogen (secondary N) is 2. The van der Waals surface area contributed by atoms with E-state index < -0.39 is 0 Å². The summed E-state index contributed by atoms with van der Waals surface area (Å²) in [5, 5.41) is 12.4. The van der Waals surface area contributed by atoms with Gasteiger partial charge in [0.25, 0.3) is 0 Å². The van der Waals surface area contributed by atoms with Gasteiger partial charge in [-0.1, -0.05) is 25.0 Å². The summed E-state index contributed by atoms with van der Waals surface area (Å²) in [7, 11) is 0. The van der Waals surface area contributed by atoms with E-state index in [1.807, 2.05) is 12.3 Å². The number of allylic oxidation sites excluding steroid dienone is 2. The van der Waals surface area contributed by atoms with E-state index in [9.17, 15) is 0 Å². The first-order chi connectivity index (χ1) is 18.1. The summed E-state index contributed by atoms with van der Waals surface area (Å²) in [5.74, 6) is 3.22. The van der Waals surface area contributed by atoms with Crippen LogP contribution in [-0.4, -0.2) is 29.0 Å². The molecule has 37 heavy (non-hydrogen) atoms. The number of aromatic nitrogens is 2. The van der Waals surface area contributed by atoms with Crippen molar-refractivity contribution in [3.63, 3.8) is 0 Å². The van der Waals surface area contributed by atoms with Crippen molar-refractivity contribution in [2.45, 2.75) is 71.1 Å². The lowest BCUT2D eigenvalue weighted by atomic mass is 9.78. The SMILES string of the molecule is Cc1ccncc1-c1cc2c(c(N)n1)/C=C\CC/C(NC(=N)C1CCC(CCC3CCOCC3)CC1)=C\2. The normalized spacial score (nSPS) is 24.7. The molecule has 3 aliphatic rings. The number of nitrogens with two attached hydrogens (primary N) is 1. The molecule has 2 aliphatic carbocycles. The minimum absolute atomic E-state index is 0.330. The van der Waals surface area contributed by atoms with Crippen LogP contribution in [0.4, 0.5) is 5.82 Å². The Hall–Kier alpha value is -2.99. The summed E-state index contributed by atoms with van der Waals surface area (Å²) >= 11 is 0. The Bertz CT molecular complexity index is 1160. The van der Waals surface area contributed by atoms with Gasteiger partial charge in [0.1, 0.15) is 11.7 Å². The predicted octanol–water partition coefficient (Wildman–Crippen LogP) is 6.76. The smallest absolute Gasteiger partial charge is 0.131 e. The highest BCUT2D eigenvalue weighted by Crippen LogP contribution is 2.35. The summed E-state index contributed by atoms with van der Waals surface area (Å²) < 4.78 is 5.51. The molecule has 0 amide bonds. The lowest BCUT2D eigenvalue weighted by Gasteiger charge is -2.31. The number of hydrogen-bond donors (Lipinski definition) is 3. The van der Waals surface area contributed by atoms with Crippen LogP contribution in [-0.2, 0) is 4.74 Å². The van der Waals surface area contributed by atoms with Crippen LogP contribution in [0, 0.1) is 30.1 Å². The summed E-state index contributed by atoms with van der Waals surface area (Å²) in [6.45, 7) is 3.96. The number of amidine groups is 1. The fourth-order valence-corrected chi connectivity index (χ4v) is 6.09. The third kappa shape index (κ3) is 6.48. The van der Waals surface area contributed by atoms with E-state index >= 15 is 0 Å². The van der Waals surface area contributed by atoms with Crippen molar-refractivity contribution in [2.75, 3.05) is 18.9 Å². The molecule has 2 aromatic heterocycles. The van der Waals surface area contributed by atoms with Crippen LogP contribution in [0.2, 0.25) is 0 Å². The molecular weight excluding hydrogens is 458 g/mol. The first-order valence-electron chi connectivity index (χ1n) is 14.1. The zero-order valence-corrected chi connectivity index (χ0v) is 22.1. The average Bonchev–Trinajstić information content (AvgIpc) is 2.90. The zero-order valence-electron chi connectivity index (χ0n) is 22.1. The van der Waals surface area contributed by atoms with Crippen LogP contribution >= 0.6 is 0 Å². The number of nitrogens with zero attached hydrogens (tertiary/aromatic N) is 2. The molecule has 6 nitrogen and oxygen atoms in total. The van der Waals surface area contributed by atoms with E-state index in [1.165, 1.54) is 38.5 Å². The first kappa shape index (κ1) is 25.7. The number of aryl methyl sites for hydroxylation is 1. The summed E-state index contributed by atoms with van der Waals surface area (Å²) in [5.41, 5.74) is 12.4.